The van der Waals surface area contributed by atoms with Crippen LogP contribution in [0.3, 0.4) is 0 Å². The molecule has 2 aromatic carbocycles. The number of imide groups is 1. The summed E-state index contributed by atoms with van der Waals surface area (Å²) in [6, 6.07) is 13.0. The fourth-order valence-corrected chi connectivity index (χ4v) is 5.24. The molecular formula is C28H27N7O5. The van der Waals surface area contributed by atoms with Crippen molar-refractivity contribution in [2.75, 3.05) is 25.6 Å². The maximum Gasteiger partial charge on any atom is 0.271 e. The number of imidazole rings is 1. The number of fused-ring (bicyclic) bond motifs is 2. The topological polar surface area (TPSA) is 164 Å². The van der Waals surface area contributed by atoms with Crippen LogP contribution in [0, 0.1) is 0 Å². The van der Waals surface area contributed by atoms with Crippen molar-refractivity contribution in [3.8, 4) is 17.3 Å². The number of piperidine rings is 1. The number of hydrogen-bond donors (Lipinski definition) is 5. The number of hydrogen-bond acceptors (Lipinski definition) is 9. The van der Waals surface area contributed by atoms with Gasteiger partial charge in [0, 0.05) is 12.2 Å². The van der Waals surface area contributed by atoms with Crippen LogP contribution in [0.2, 0.25) is 0 Å². The van der Waals surface area contributed by atoms with E-state index in [0.717, 1.165) is 25.9 Å². The van der Waals surface area contributed by atoms with Gasteiger partial charge in [0.15, 0.2) is 6.10 Å². The summed E-state index contributed by atoms with van der Waals surface area (Å²) in [4.78, 5) is 54.2. The second-order valence-electron chi connectivity index (χ2n) is 10.00. The van der Waals surface area contributed by atoms with Gasteiger partial charge in [-0.2, -0.15) is 0 Å². The first-order chi connectivity index (χ1) is 19.3. The van der Waals surface area contributed by atoms with Crippen LogP contribution in [0.4, 0.5) is 5.69 Å². The van der Waals surface area contributed by atoms with Gasteiger partial charge in [0.1, 0.15) is 11.4 Å². The minimum absolute atomic E-state index is 0.137. The van der Waals surface area contributed by atoms with E-state index in [4.69, 9.17) is 0 Å². The zero-order valence-electron chi connectivity index (χ0n) is 21.6. The lowest BCUT2D eigenvalue weighted by molar-refractivity contribution is -0.129. The number of aromatic hydroxyl groups is 1. The van der Waals surface area contributed by atoms with Crippen molar-refractivity contribution in [2.45, 2.75) is 25.0 Å². The number of aromatic nitrogens is 3. The van der Waals surface area contributed by atoms with E-state index in [0.29, 0.717) is 27.7 Å². The van der Waals surface area contributed by atoms with Gasteiger partial charge in [0.2, 0.25) is 5.88 Å². The first-order valence-corrected chi connectivity index (χ1v) is 12.9. The van der Waals surface area contributed by atoms with Gasteiger partial charge in [0.05, 0.1) is 27.8 Å². The zero-order chi connectivity index (χ0) is 28.0. The van der Waals surface area contributed by atoms with Crippen molar-refractivity contribution in [1.82, 2.24) is 30.2 Å². The third kappa shape index (κ3) is 4.42. The van der Waals surface area contributed by atoms with Crippen LogP contribution in [0.1, 0.15) is 45.2 Å². The zero-order valence-corrected chi connectivity index (χ0v) is 21.6. The Morgan fingerprint density at radius 2 is 1.77 bits per heavy atom. The van der Waals surface area contributed by atoms with E-state index >= 15 is 0 Å². The summed E-state index contributed by atoms with van der Waals surface area (Å²) in [5, 5.41) is 20.9. The lowest BCUT2D eigenvalue weighted by atomic mass is 10.0. The number of aliphatic hydroxyl groups is 1. The standard InChI is InChI=1S/C28H27N7O5/c1-34-11-8-16(9-12-34)35-27(39)17-13-20-21(14-18(17)28(35)40)31-24(30-20)22-19(7-10-29-25(22)37)32-33-26(38)23(36)15-5-3-2-4-6-15/h2-7,10,13-14,16,23,36H,8-9,11-12H2,1H3,(H,30,31)(H,33,38)(H2,29,32,37). The summed E-state index contributed by atoms with van der Waals surface area (Å²) in [6.07, 6.45) is 1.40. The minimum atomic E-state index is -1.41. The summed E-state index contributed by atoms with van der Waals surface area (Å²) >= 11 is 0. The number of amides is 3. The number of likely N-dealkylation sites (tertiary alicyclic amines) is 1. The Morgan fingerprint density at radius 1 is 1.07 bits per heavy atom. The number of pyridine rings is 1. The van der Waals surface area contributed by atoms with Crippen LogP contribution in [-0.2, 0) is 4.79 Å². The quantitative estimate of drug-likeness (QED) is 0.182. The normalized spacial score (nSPS) is 16.8. The second kappa shape index (κ2) is 10.1. The van der Waals surface area contributed by atoms with Crippen LogP contribution in [-0.4, -0.2) is 78.9 Å². The molecule has 2 aromatic heterocycles. The molecule has 40 heavy (non-hydrogen) atoms. The first-order valence-electron chi connectivity index (χ1n) is 12.9. The Morgan fingerprint density at radius 3 is 2.50 bits per heavy atom. The maximum absolute atomic E-state index is 13.3. The van der Waals surface area contributed by atoms with Crippen LogP contribution < -0.4 is 10.9 Å². The molecule has 1 atom stereocenters. The smallest absolute Gasteiger partial charge is 0.271 e. The van der Waals surface area contributed by atoms with E-state index in [-0.39, 0.29) is 40.8 Å². The Hall–Kier alpha value is -4.81. The number of rotatable bonds is 6. The maximum atomic E-state index is 13.3. The van der Waals surface area contributed by atoms with Crippen LogP contribution in [0.5, 0.6) is 5.88 Å². The summed E-state index contributed by atoms with van der Waals surface area (Å²) in [6.45, 7) is 1.64. The highest BCUT2D eigenvalue weighted by Crippen LogP contribution is 2.36. The highest BCUT2D eigenvalue weighted by atomic mass is 16.3. The Bertz CT molecular complexity index is 1580. The summed E-state index contributed by atoms with van der Waals surface area (Å²) in [5.74, 6) is -1.52. The molecule has 1 fully saturated rings. The Kier molecular flexibility index (Phi) is 6.40. The summed E-state index contributed by atoms with van der Waals surface area (Å²) < 4.78 is 0. The molecule has 3 amide bonds. The number of nitrogens with zero attached hydrogens (tertiary/aromatic N) is 4. The Balaban J connectivity index is 1.26. The number of aliphatic hydroxyl groups excluding tert-OH is 1. The fraction of sp³-hybridized carbons (Fsp3) is 0.250. The molecule has 0 aliphatic carbocycles. The number of H-pyrrole nitrogens is 1. The van der Waals surface area contributed by atoms with Gasteiger partial charge in [-0.15, -0.1) is 0 Å². The van der Waals surface area contributed by atoms with E-state index in [9.17, 15) is 24.6 Å². The molecule has 0 saturated carbocycles. The van der Waals surface area contributed by atoms with Crippen molar-refractivity contribution in [2.24, 2.45) is 0 Å². The highest BCUT2D eigenvalue weighted by molar-refractivity contribution is 6.23. The molecule has 6 rings (SSSR count). The SMILES string of the molecule is CN1CCC(N2C(=O)c3cc4nc(-c5c(NNC(=O)C(O)c6ccccc6)ccnc5O)[nH]c4cc3C2=O)CC1. The molecule has 4 aromatic rings. The van der Waals surface area contributed by atoms with E-state index in [1.54, 1.807) is 42.5 Å². The van der Waals surface area contributed by atoms with Crippen LogP contribution >= 0.6 is 0 Å². The molecule has 0 spiro atoms. The minimum Gasteiger partial charge on any atom is -0.493 e. The van der Waals surface area contributed by atoms with Crippen molar-refractivity contribution in [3.63, 3.8) is 0 Å². The van der Waals surface area contributed by atoms with Crippen LogP contribution in [0.15, 0.2) is 54.7 Å². The van der Waals surface area contributed by atoms with Gasteiger partial charge in [0.25, 0.3) is 17.7 Å². The molecule has 5 N–H and O–H groups in total. The highest BCUT2D eigenvalue weighted by Gasteiger charge is 2.41. The van der Waals surface area contributed by atoms with Crippen molar-refractivity contribution in [3.05, 3.63) is 71.4 Å². The van der Waals surface area contributed by atoms with Gasteiger partial charge >= 0.3 is 0 Å². The van der Waals surface area contributed by atoms with Crippen molar-refractivity contribution in [1.29, 1.82) is 0 Å². The average Bonchev–Trinajstić information content (AvgIpc) is 3.48. The predicted molar refractivity (Wildman–Crippen MR) is 145 cm³/mol. The Labute approximate surface area is 228 Å². The molecule has 2 aliphatic rings. The van der Waals surface area contributed by atoms with E-state index in [1.165, 1.54) is 17.2 Å². The largest absolute Gasteiger partial charge is 0.493 e. The van der Waals surface area contributed by atoms with Crippen molar-refractivity contribution >= 4 is 34.4 Å². The monoisotopic (exact) mass is 541 g/mol. The number of nitrogens with one attached hydrogen (secondary N) is 3. The first kappa shape index (κ1) is 25.5. The molecule has 0 radical (unpaired) electrons. The molecule has 4 heterocycles. The van der Waals surface area contributed by atoms with Gasteiger partial charge in [-0.3, -0.25) is 30.1 Å². The third-order valence-electron chi connectivity index (χ3n) is 7.42. The molecule has 1 saturated heterocycles. The van der Waals surface area contributed by atoms with E-state index in [2.05, 4.69) is 30.7 Å². The summed E-state index contributed by atoms with van der Waals surface area (Å²) in [5.41, 5.74) is 7.51. The third-order valence-corrected chi connectivity index (χ3v) is 7.42. The van der Waals surface area contributed by atoms with Gasteiger partial charge < -0.3 is 20.1 Å². The van der Waals surface area contributed by atoms with Crippen LogP contribution in [0.25, 0.3) is 22.4 Å². The molecular weight excluding hydrogens is 514 g/mol. The van der Waals surface area contributed by atoms with E-state index in [1.807, 2.05) is 7.05 Å². The number of anilines is 1. The number of aromatic amines is 1. The lowest BCUT2D eigenvalue weighted by Crippen LogP contribution is -2.46. The number of hydrazine groups is 1. The number of carbonyl (C=O) groups excluding carboxylic acids is 3. The molecule has 12 heteroatoms. The van der Waals surface area contributed by atoms with E-state index < -0.39 is 12.0 Å². The molecule has 0 bridgehead atoms. The second-order valence-corrected chi connectivity index (χ2v) is 10.00. The number of carbonyl (C=O) groups is 3. The fourth-order valence-electron chi connectivity index (χ4n) is 5.24. The number of benzene rings is 2. The lowest BCUT2D eigenvalue weighted by Gasteiger charge is -2.33. The van der Waals surface area contributed by atoms with Gasteiger partial charge in [-0.05, 0) is 56.7 Å². The predicted octanol–water partition coefficient (Wildman–Crippen LogP) is 2.20. The molecule has 1 unspecified atom stereocenters. The van der Waals surface area contributed by atoms with Gasteiger partial charge in [-0.1, -0.05) is 30.3 Å². The van der Waals surface area contributed by atoms with Crippen molar-refractivity contribution < 1.29 is 24.6 Å². The van der Waals surface area contributed by atoms with Gasteiger partial charge in [-0.25, -0.2) is 9.97 Å². The molecule has 12 nitrogen and oxygen atoms in total. The molecule has 2 aliphatic heterocycles. The summed E-state index contributed by atoms with van der Waals surface area (Å²) in [7, 11) is 2.02. The average molecular weight is 542 g/mol. The molecule has 204 valence electrons.